The molecule has 2 aromatic carbocycles. The lowest BCUT2D eigenvalue weighted by Crippen LogP contribution is -2.27. The molecule has 1 aromatic heterocycles. The Bertz CT molecular complexity index is 946. The topological polar surface area (TPSA) is 60.3 Å². The number of benzene rings is 2. The lowest BCUT2D eigenvalue weighted by molar-refractivity contribution is -0.116. The quantitative estimate of drug-likeness (QED) is 0.776. The minimum Gasteiger partial charge on any atom is -0.491 e. The number of nitrogens with one attached hydrogen (secondary N) is 1. The number of anilines is 1. The summed E-state index contributed by atoms with van der Waals surface area (Å²) in [7, 11) is 0. The standard InChI is InChI=1S/C20H20N2O3/c1-14(2)25-17-8-9-18-15(12-17)10-11-22(20(18)24)13-19(23)21-16-6-4-3-5-7-16/h3-12,14H,13H2,1-2H3,(H,21,23). The highest BCUT2D eigenvalue weighted by atomic mass is 16.5. The SMILES string of the molecule is CC(C)Oc1ccc2c(=O)n(CC(=O)Nc3ccccc3)ccc2c1. The predicted molar refractivity (Wildman–Crippen MR) is 99.0 cm³/mol. The van der Waals surface area contributed by atoms with Crippen LogP contribution >= 0.6 is 0 Å². The molecule has 1 N–H and O–H groups in total. The third-order valence-electron chi connectivity index (χ3n) is 3.69. The van der Waals surface area contributed by atoms with Gasteiger partial charge in [-0.25, -0.2) is 0 Å². The van der Waals surface area contributed by atoms with E-state index in [9.17, 15) is 9.59 Å². The number of carbonyl (C=O) groups excluding carboxylic acids is 1. The van der Waals surface area contributed by atoms with Crippen molar-refractivity contribution in [3.63, 3.8) is 0 Å². The van der Waals surface area contributed by atoms with E-state index >= 15 is 0 Å². The fourth-order valence-electron chi connectivity index (χ4n) is 2.61. The summed E-state index contributed by atoms with van der Waals surface area (Å²) in [6.45, 7) is 3.87. The molecule has 0 unspecified atom stereocenters. The molecule has 128 valence electrons. The van der Waals surface area contributed by atoms with Gasteiger partial charge in [0.25, 0.3) is 5.56 Å². The van der Waals surface area contributed by atoms with Gasteiger partial charge in [0.1, 0.15) is 12.3 Å². The molecule has 0 radical (unpaired) electrons. The zero-order valence-corrected chi connectivity index (χ0v) is 14.2. The van der Waals surface area contributed by atoms with Crippen LogP contribution in [-0.4, -0.2) is 16.6 Å². The van der Waals surface area contributed by atoms with E-state index < -0.39 is 0 Å². The van der Waals surface area contributed by atoms with Crippen LogP contribution in [0.1, 0.15) is 13.8 Å². The molecular formula is C20H20N2O3. The molecular weight excluding hydrogens is 316 g/mol. The van der Waals surface area contributed by atoms with Gasteiger partial charge in [-0.2, -0.15) is 0 Å². The van der Waals surface area contributed by atoms with Gasteiger partial charge in [-0.1, -0.05) is 18.2 Å². The van der Waals surface area contributed by atoms with Crippen LogP contribution in [0.3, 0.4) is 0 Å². The van der Waals surface area contributed by atoms with Crippen molar-refractivity contribution in [1.82, 2.24) is 4.57 Å². The Kier molecular flexibility index (Phi) is 4.84. The highest BCUT2D eigenvalue weighted by molar-refractivity contribution is 5.91. The Hall–Kier alpha value is -3.08. The van der Waals surface area contributed by atoms with Gasteiger partial charge in [-0.05, 0) is 55.6 Å². The first kappa shape index (κ1) is 16.8. The van der Waals surface area contributed by atoms with Crippen molar-refractivity contribution in [3.05, 3.63) is 71.1 Å². The number of fused-ring (bicyclic) bond motifs is 1. The van der Waals surface area contributed by atoms with Gasteiger partial charge in [0.05, 0.1) is 6.10 Å². The smallest absolute Gasteiger partial charge is 0.258 e. The number of aromatic nitrogens is 1. The van der Waals surface area contributed by atoms with Gasteiger partial charge in [-0.15, -0.1) is 0 Å². The summed E-state index contributed by atoms with van der Waals surface area (Å²) in [4.78, 5) is 24.7. The van der Waals surface area contributed by atoms with Crippen LogP contribution in [0.2, 0.25) is 0 Å². The minimum atomic E-state index is -0.243. The second-order valence-electron chi connectivity index (χ2n) is 6.08. The monoisotopic (exact) mass is 336 g/mol. The van der Waals surface area contributed by atoms with Crippen molar-refractivity contribution in [2.75, 3.05) is 5.32 Å². The number of para-hydroxylation sites is 1. The maximum Gasteiger partial charge on any atom is 0.258 e. The Morgan fingerprint density at radius 2 is 1.88 bits per heavy atom. The number of pyridine rings is 1. The van der Waals surface area contributed by atoms with Crippen molar-refractivity contribution in [2.45, 2.75) is 26.5 Å². The summed E-state index contributed by atoms with van der Waals surface area (Å²) in [6.07, 6.45) is 1.70. The van der Waals surface area contributed by atoms with E-state index in [2.05, 4.69) is 5.32 Å². The van der Waals surface area contributed by atoms with Crippen LogP contribution in [-0.2, 0) is 11.3 Å². The first-order chi connectivity index (χ1) is 12.0. The van der Waals surface area contributed by atoms with E-state index in [1.54, 1.807) is 30.5 Å². The average Bonchev–Trinajstić information content (AvgIpc) is 2.58. The second-order valence-corrected chi connectivity index (χ2v) is 6.08. The third kappa shape index (κ3) is 4.07. The van der Waals surface area contributed by atoms with E-state index in [1.165, 1.54) is 4.57 Å². The number of ether oxygens (including phenoxy) is 1. The molecule has 3 rings (SSSR count). The van der Waals surface area contributed by atoms with Crippen LogP contribution in [0.5, 0.6) is 5.75 Å². The normalized spacial score (nSPS) is 10.8. The van der Waals surface area contributed by atoms with Gasteiger partial charge in [0.15, 0.2) is 0 Å². The van der Waals surface area contributed by atoms with Crippen LogP contribution in [0, 0.1) is 0 Å². The number of hydrogen-bond acceptors (Lipinski definition) is 3. The number of carbonyl (C=O) groups is 1. The van der Waals surface area contributed by atoms with Crippen LogP contribution < -0.4 is 15.6 Å². The maximum atomic E-state index is 12.6. The third-order valence-corrected chi connectivity index (χ3v) is 3.69. The highest BCUT2D eigenvalue weighted by Gasteiger charge is 2.09. The molecule has 0 aliphatic heterocycles. The van der Waals surface area contributed by atoms with Crippen LogP contribution in [0.4, 0.5) is 5.69 Å². The highest BCUT2D eigenvalue weighted by Crippen LogP contribution is 2.19. The minimum absolute atomic E-state index is 0.0338. The van der Waals surface area contributed by atoms with Crippen molar-refractivity contribution in [2.24, 2.45) is 0 Å². The summed E-state index contributed by atoms with van der Waals surface area (Å²) in [5.41, 5.74) is 0.508. The lowest BCUT2D eigenvalue weighted by Gasteiger charge is -2.11. The van der Waals surface area contributed by atoms with Crippen molar-refractivity contribution < 1.29 is 9.53 Å². The first-order valence-electron chi connectivity index (χ1n) is 8.18. The van der Waals surface area contributed by atoms with Crippen LogP contribution in [0.15, 0.2) is 65.6 Å². The molecule has 0 aliphatic carbocycles. The van der Waals surface area contributed by atoms with Gasteiger partial charge >= 0.3 is 0 Å². The molecule has 0 aliphatic rings. The number of nitrogens with zero attached hydrogens (tertiary/aromatic N) is 1. The zero-order valence-electron chi connectivity index (χ0n) is 14.2. The first-order valence-corrected chi connectivity index (χ1v) is 8.18. The number of rotatable bonds is 5. The van der Waals surface area contributed by atoms with Crippen LogP contribution in [0.25, 0.3) is 10.8 Å². The molecule has 0 fully saturated rings. The molecule has 5 heteroatoms. The molecule has 1 heterocycles. The summed E-state index contributed by atoms with van der Waals surface area (Å²) in [5, 5.41) is 4.13. The Morgan fingerprint density at radius 3 is 2.60 bits per heavy atom. The molecule has 0 saturated heterocycles. The molecule has 1 amide bonds. The largest absolute Gasteiger partial charge is 0.491 e. The van der Waals surface area contributed by atoms with E-state index in [0.717, 1.165) is 11.1 Å². The Morgan fingerprint density at radius 1 is 1.12 bits per heavy atom. The molecule has 25 heavy (non-hydrogen) atoms. The Balaban J connectivity index is 1.81. The molecule has 0 atom stereocenters. The van der Waals surface area contributed by atoms with Crippen molar-refractivity contribution >= 4 is 22.4 Å². The summed E-state index contributed by atoms with van der Waals surface area (Å²) in [6, 6.07) is 16.3. The van der Waals surface area contributed by atoms with Gasteiger partial charge in [0, 0.05) is 17.3 Å². The van der Waals surface area contributed by atoms with Gasteiger partial charge in [-0.3, -0.25) is 9.59 Å². The summed E-state index contributed by atoms with van der Waals surface area (Å²) in [5.74, 6) is 0.480. The lowest BCUT2D eigenvalue weighted by atomic mass is 10.1. The Labute approximate surface area is 145 Å². The molecule has 0 bridgehead atoms. The molecule has 0 spiro atoms. The fourth-order valence-corrected chi connectivity index (χ4v) is 2.61. The molecule has 5 nitrogen and oxygen atoms in total. The number of hydrogen-bond donors (Lipinski definition) is 1. The van der Waals surface area contributed by atoms with E-state index in [0.29, 0.717) is 11.1 Å². The average molecular weight is 336 g/mol. The summed E-state index contributed by atoms with van der Waals surface area (Å²) < 4.78 is 7.06. The zero-order chi connectivity index (χ0) is 17.8. The van der Waals surface area contributed by atoms with Gasteiger partial charge in [0.2, 0.25) is 5.91 Å². The number of amides is 1. The van der Waals surface area contributed by atoms with Gasteiger partial charge < -0.3 is 14.6 Å². The van der Waals surface area contributed by atoms with E-state index in [-0.39, 0.29) is 24.1 Å². The van der Waals surface area contributed by atoms with E-state index in [1.807, 2.05) is 44.2 Å². The fraction of sp³-hybridized carbons (Fsp3) is 0.200. The molecule has 0 saturated carbocycles. The molecule has 3 aromatic rings. The van der Waals surface area contributed by atoms with E-state index in [4.69, 9.17) is 4.74 Å². The van der Waals surface area contributed by atoms with Crippen molar-refractivity contribution in [1.29, 1.82) is 0 Å². The summed E-state index contributed by atoms with van der Waals surface area (Å²) >= 11 is 0. The maximum absolute atomic E-state index is 12.6. The second kappa shape index (κ2) is 7.21. The van der Waals surface area contributed by atoms with Crippen molar-refractivity contribution in [3.8, 4) is 5.75 Å². The predicted octanol–water partition coefficient (Wildman–Crippen LogP) is 3.43.